The van der Waals surface area contributed by atoms with Crippen LogP contribution in [0.2, 0.25) is 0 Å². The molecule has 0 saturated heterocycles. The smallest absolute Gasteiger partial charge is 0.266 e. The quantitative estimate of drug-likeness (QED) is 0.921. The lowest BCUT2D eigenvalue weighted by Gasteiger charge is -2.25. The van der Waals surface area contributed by atoms with E-state index in [1.165, 1.54) is 19.3 Å². The zero-order valence-electron chi connectivity index (χ0n) is 13.2. The third-order valence-electron chi connectivity index (χ3n) is 4.31. The van der Waals surface area contributed by atoms with Crippen LogP contribution < -0.4 is 5.56 Å². The molecule has 1 saturated carbocycles. The van der Waals surface area contributed by atoms with Crippen molar-refractivity contribution in [3.05, 3.63) is 32.7 Å². The van der Waals surface area contributed by atoms with E-state index in [4.69, 9.17) is 4.74 Å². The Labute approximate surface area is 126 Å². The molecule has 1 aliphatic rings. The minimum absolute atomic E-state index is 0.126. The molecule has 0 atom stereocenters. The fourth-order valence-electron chi connectivity index (χ4n) is 3.09. The number of aromatic amines is 1. The van der Waals surface area contributed by atoms with Crippen LogP contribution in [-0.2, 0) is 11.3 Å². The number of nitrogens with zero attached hydrogens (tertiary/aromatic N) is 1. The van der Waals surface area contributed by atoms with Gasteiger partial charge in [0.15, 0.2) is 0 Å². The lowest BCUT2D eigenvalue weighted by atomic mass is 9.84. The lowest BCUT2D eigenvalue weighted by molar-refractivity contribution is 0.0644. The third-order valence-corrected chi connectivity index (χ3v) is 4.31. The molecule has 0 bridgehead atoms. The van der Waals surface area contributed by atoms with Gasteiger partial charge >= 0.3 is 0 Å². The van der Waals surface area contributed by atoms with E-state index in [2.05, 4.69) is 4.98 Å². The van der Waals surface area contributed by atoms with Crippen molar-refractivity contribution in [3.63, 3.8) is 0 Å². The van der Waals surface area contributed by atoms with Crippen molar-refractivity contribution >= 4 is 0 Å². The molecule has 2 rings (SSSR count). The van der Waals surface area contributed by atoms with Crippen LogP contribution in [0.5, 0.6) is 0 Å². The van der Waals surface area contributed by atoms with Gasteiger partial charge in [-0.1, -0.05) is 19.3 Å². The fourth-order valence-corrected chi connectivity index (χ4v) is 3.09. The molecular weight excluding hydrogens is 264 g/mol. The zero-order valence-corrected chi connectivity index (χ0v) is 13.2. The molecule has 1 N–H and O–H groups in total. The summed E-state index contributed by atoms with van der Waals surface area (Å²) in [5.74, 6) is 0.392. The Bertz CT molecular complexity index is 590. The van der Waals surface area contributed by atoms with Gasteiger partial charge in [-0.3, -0.25) is 4.79 Å². The van der Waals surface area contributed by atoms with Crippen LogP contribution in [0.15, 0.2) is 4.79 Å². The van der Waals surface area contributed by atoms with Crippen LogP contribution in [-0.4, -0.2) is 11.1 Å². The maximum Gasteiger partial charge on any atom is 0.266 e. The highest BCUT2D eigenvalue weighted by Crippen LogP contribution is 2.34. The molecule has 1 heterocycles. The number of ether oxygens (including phenoxy) is 1. The summed E-state index contributed by atoms with van der Waals surface area (Å²) in [7, 11) is 0. The summed E-state index contributed by atoms with van der Waals surface area (Å²) in [6.45, 7) is 6.30. The number of hydrogen-bond donors (Lipinski definition) is 1. The van der Waals surface area contributed by atoms with Gasteiger partial charge in [-0.05, 0) is 45.1 Å². The van der Waals surface area contributed by atoms with Gasteiger partial charge in [0, 0.05) is 11.3 Å². The maximum atomic E-state index is 12.1. The summed E-state index contributed by atoms with van der Waals surface area (Å²) in [5, 5.41) is 9.19. The van der Waals surface area contributed by atoms with Crippen LogP contribution >= 0.6 is 0 Å². The van der Waals surface area contributed by atoms with Crippen LogP contribution in [0.25, 0.3) is 0 Å². The van der Waals surface area contributed by atoms with Crippen molar-refractivity contribution < 1.29 is 4.74 Å². The van der Waals surface area contributed by atoms with Crippen LogP contribution in [0, 0.1) is 18.3 Å². The molecule has 0 radical (unpaired) electrons. The van der Waals surface area contributed by atoms with E-state index < -0.39 is 0 Å². The Morgan fingerprint density at radius 3 is 2.57 bits per heavy atom. The van der Waals surface area contributed by atoms with Gasteiger partial charge in [0.25, 0.3) is 5.56 Å². The van der Waals surface area contributed by atoms with Gasteiger partial charge in [-0.15, -0.1) is 0 Å². The highest BCUT2D eigenvalue weighted by atomic mass is 16.5. The van der Waals surface area contributed by atoms with E-state index >= 15 is 0 Å². The lowest BCUT2D eigenvalue weighted by Crippen LogP contribution is -2.22. The molecule has 0 unspecified atom stereocenters. The second-order valence-corrected chi connectivity index (χ2v) is 6.15. The first-order valence-electron chi connectivity index (χ1n) is 7.82. The first-order chi connectivity index (χ1) is 10.0. The van der Waals surface area contributed by atoms with E-state index in [1.54, 1.807) is 0 Å². The minimum Gasteiger partial charge on any atom is -0.374 e. The SMILES string of the molecule is Cc1c(COC(C)C)c(C2CCCCC2)[nH]c(=O)c1C#N. The highest BCUT2D eigenvalue weighted by molar-refractivity contribution is 5.43. The van der Waals surface area contributed by atoms with Crippen LogP contribution in [0.1, 0.15) is 74.3 Å². The summed E-state index contributed by atoms with van der Waals surface area (Å²) >= 11 is 0. The molecule has 4 nitrogen and oxygen atoms in total. The van der Waals surface area contributed by atoms with Crippen molar-refractivity contribution in [1.82, 2.24) is 4.98 Å². The largest absolute Gasteiger partial charge is 0.374 e. The molecule has 4 heteroatoms. The molecule has 21 heavy (non-hydrogen) atoms. The Morgan fingerprint density at radius 2 is 2.00 bits per heavy atom. The Balaban J connectivity index is 2.45. The maximum absolute atomic E-state index is 12.1. The van der Waals surface area contributed by atoms with Gasteiger partial charge in [-0.2, -0.15) is 5.26 Å². The summed E-state index contributed by atoms with van der Waals surface area (Å²) in [6.07, 6.45) is 6.02. The molecule has 0 aliphatic heterocycles. The second-order valence-electron chi connectivity index (χ2n) is 6.15. The van der Waals surface area contributed by atoms with Crippen LogP contribution in [0.4, 0.5) is 0 Å². The Hall–Kier alpha value is -1.60. The van der Waals surface area contributed by atoms with Crippen molar-refractivity contribution in [2.75, 3.05) is 0 Å². The molecule has 114 valence electrons. The molecule has 0 spiro atoms. The fraction of sp³-hybridized carbons (Fsp3) is 0.647. The van der Waals surface area contributed by atoms with Gasteiger partial charge < -0.3 is 9.72 Å². The minimum atomic E-state index is -0.260. The first kappa shape index (κ1) is 15.8. The first-order valence-corrected chi connectivity index (χ1v) is 7.82. The number of aromatic nitrogens is 1. The number of nitrogens with one attached hydrogen (secondary N) is 1. The number of nitriles is 1. The van der Waals surface area contributed by atoms with E-state index in [9.17, 15) is 10.1 Å². The topological polar surface area (TPSA) is 65.9 Å². The van der Waals surface area contributed by atoms with E-state index in [1.807, 2.05) is 26.8 Å². The van der Waals surface area contributed by atoms with E-state index in [0.717, 1.165) is 29.7 Å². The van der Waals surface area contributed by atoms with Gasteiger partial charge in [0.05, 0.1) is 12.7 Å². The average molecular weight is 288 g/mol. The molecule has 0 amide bonds. The summed E-state index contributed by atoms with van der Waals surface area (Å²) in [6, 6.07) is 2.02. The number of pyridine rings is 1. The third kappa shape index (κ3) is 3.54. The second kappa shape index (κ2) is 6.91. The van der Waals surface area contributed by atoms with Gasteiger partial charge in [0.1, 0.15) is 11.6 Å². The predicted molar refractivity (Wildman–Crippen MR) is 82.3 cm³/mol. The standard InChI is InChI=1S/C17H24N2O2/c1-11(2)21-10-15-12(3)14(9-18)17(20)19-16(15)13-7-5-4-6-8-13/h11,13H,4-8,10H2,1-3H3,(H,19,20). The molecular formula is C17H24N2O2. The number of rotatable bonds is 4. The van der Waals surface area contributed by atoms with Crippen molar-refractivity contribution in [2.24, 2.45) is 0 Å². The summed E-state index contributed by atoms with van der Waals surface area (Å²) < 4.78 is 5.75. The van der Waals surface area contributed by atoms with Crippen molar-refractivity contribution in [1.29, 1.82) is 5.26 Å². The van der Waals surface area contributed by atoms with Gasteiger partial charge in [0.2, 0.25) is 0 Å². The highest BCUT2D eigenvalue weighted by Gasteiger charge is 2.23. The molecule has 1 fully saturated rings. The monoisotopic (exact) mass is 288 g/mol. The number of H-pyrrole nitrogens is 1. The average Bonchev–Trinajstić information content (AvgIpc) is 2.47. The van der Waals surface area contributed by atoms with E-state index in [-0.39, 0.29) is 17.2 Å². The van der Waals surface area contributed by atoms with Crippen LogP contribution in [0.3, 0.4) is 0 Å². The molecule has 0 aromatic carbocycles. The van der Waals surface area contributed by atoms with Gasteiger partial charge in [-0.25, -0.2) is 0 Å². The Kier molecular flexibility index (Phi) is 5.19. The molecule has 1 aromatic heterocycles. The van der Waals surface area contributed by atoms with Crippen molar-refractivity contribution in [3.8, 4) is 6.07 Å². The van der Waals surface area contributed by atoms with E-state index in [0.29, 0.717) is 12.5 Å². The summed E-state index contributed by atoms with van der Waals surface area (Å²) in [5.41, 5.74) is 2.74. The summed E-state index contributed by atoms with van der Waals surface area (Å²) in [4.78, 5) is 15.1. The normalized spacial score (nSPS) is 16.1. The molecule has 1 aromatic rings. The number of hydrogen-bond acceptors (Lipinski definition) is 3. The predicted octanol–water partition coefficient (Wildman–Crippen LogP) is 3.53. The van der Waals surface area contributed by atoms with Crippen molar-refractivity contribution in [2.45, 2.75) is 71.5 Å². The Morgan fingerprint density at radius 1 is 1.33 bits per heavy atom. The zero-order chi connectivity index (χ0) is 15.4. The molecule has 1 aliphatic carbocycles.